The molecule has 0 aliphatic carbocycles. The van der Waals surface area contributed by atoms with Crippen molar-refractivity contribution in [2.75, 3.05) is 13.1 Å². The van der Waals surface area contributed by atoms with Crippen LogP contribution < -0.4 is 76.5 Å². The Morgan fingerprint density at radius 1 is 0.558 bits per heavy atom. The van der Waals surface area contributed by atoms with Gasteiger partial charge in [-0.05, 0) is 88.2 Å². The van der Waals surface area contributed by atoms with Gasteiger partial charge in [-0.1, -0.05) is 71.9 Å². The van der Waals surface area contributed by atoms with E-state index in [2.05, 4.69) is 62.8 Å². The molecule has 86 heavy (non-hydrogen) atoms. The molecule has 0 saturated carbocycles. The number of amides is 10. The zero-order chi connectivity index (χ0) is 64.8. The van der Waals surface area contributed by atoms with Crippen molar-refractivity contribution in [1.29, 1.82) is 0 Å². The van der Waals surface area contributed by atoms with Crippen LogP contribution in [0.15, 0.2) is 47.8 Å². The number of imidazole rings is 1. The summed E-state index contributed by atoms with van der Waals surface area (Å²) in [7, 11) is 0. The predicted molar refractivity (Wildman–Crippen MR) is 314 cm³/mol. The summed E-state index contributed by atoms with van der Waals surface area (Å²) in [5.74, 6) is -13.5. The predicted octanol–water partition coefficient (Wildman–Crippen LogP) is -3.73. The summed E-state index contributed by atoms with van der Waals surface area (Å²) < 4.78 is 0. The van der Waals surface area contributed by atoms with E-state index in [1.807, 2.05) is 0 Å². The molecular formula is C55H89N17O14. The number of aromatic nitrogens is 2. The number of primary amides is 1. The van der Waals surface area contributed by atoms with Gasteiger partial charge in [0.15, 0.2) is 5.96 Å². The summed E-state index contributed by atoms with van der Waals surface area (Å²) in [5.41, 5.74) is 29.4. The van der Waals surface area contributed by atoms with Gasteiger partial charge < -0.3 is 91.7 Å². The third-order valence-electron chi connectivity index (χ3n) is 13.3. The Hall–Kier alpha value is -8.74. The maximum atomic E-state index is 14.5. The number of benzene rings is 1. The molecule has 22 N–H and O–H groups in total. The number of hydrogen-bond donors (Lipinski definition) is 17. The molecule has 0 spiro atoms. The number of unbranched alkanes of at least 4 members (excludes halogenated alkanes) is 1. The van der Waals surface area contributed by atoms with Gasteiger partial charge in [-0.25, -0.2) is 9.78 Å². The maximum Gasteiger partial charge on any atom is 0.326 e. The number of nitrogens with two attached hydrogens (primary N) is 5. The van der Waals surface area contributed by atoms with Crippen molar-refractivity contribution in [3.63, 3.8) is 0 Å². The van der Waals surface area contributed by atoms with E-state index < -0.39 is 156 Å². The number of hydrogen-bond acceptors (Lipinski definition) is 16. The third-order valence-corrected chi connectivity index (χ3v) is 13.3. The quantitative estimate of drug-likeness (QED) is 0.0173. The first-order valence-corrected chi connectivity index (χ1v) is 28.4. The van der Waals surface area contributed by atoms with E-state index in [1.165, 1.54) is 33.3 Å². The van der Waals surface area contributed by atoms with Crippen LogP contribution in [-0.4, -0.2) is 171 Å². The molecule has 1 aromatic carbocycles. The highest BCUT2D eigenvalue weighted by Crippen LogP contribution is 2.13. The topological polar surface area (TPSA) is 525 Å². The Balaban J connectivity index is 2.44. The first kappa shape index (κ1) is 73.4. The number of carbonyl (C=O) groups excluding carboxylic acids is 10. The van der Waals surface area contributed by atoms with Gasteiger partial charge in [-0.3, -0.25) is 57.7 Å². The lowest BCUT2D eigenvalue weighted by atomic mass is 9.99. The van der Waals surface area contributed by atoms with Crippen molar-refractivity contribution in [2.45, 2.75) is 180 Å². The van der Waals surface area contributed by atoms with E-state index in [1.54, 1.807) is 58.0 Å². The van der Waals surface area contributed by atoms with Gasteiger partial charge in [0, 0.05) is 31.3 Å². The zero-order valence-corrected chi connectivity index (χ0v) is 49.8. The molecule has 2 aromatic rings. The average Bonchev–Trinajstić information content (AvgIpc) is 2.90. The number of aliphatic carboxylic acids is 2. The Morgan fingerprint density at radius 3 is 1.59 bits per heavy atom. The lowest BCUT2D eigenvalue weighted by Gasteiger charge is -2.29. The van der Waals surface area contributed by atoms with Crippen LogP contribution in [0.25, 0.3) is 0 Å². The standard InChI is InChI=1S/C55H89N17O14/c1-28(2)22-38(50(81)70-40(25-41(58)73)52(83)72-44(30(5)6)54(85)86)68-48(79)35(16-11-12-20-56)67-53(84)43(29(3)4)71-51(82)39(24-33-26-61-27-63-33)69-49(80)36(17-13-21-62-55(59)60)65-45(76)31(7)64-47(78)37(18-19-42(74)75)66-46(77)34(57)23-32-14-9-8-10-15-32/h8-10,14-15,26-31,34-40,43-44H,11-13,16-25,56-57H2,1-7H3,(H2,58,73)(H,61,63)(H,64,78)(H,65,76)(H,66,77)(H,67,84)(H,68,79)(H,69,80)(H,70,81)(H,71,82)(H,72,83)(H,74,75)(H,85,86)(H4,59,60,62)/t31-,34-,35-,36-,37-,38-,39-,40-,43-,44-/m0/s1. The maximum absolute atomic E-state index is 14.5. The number of H-pyrrole nitrogens is 1. The molecule has 1 aromatic heterocycles. The minimum atomic E-state index is -1.63. The molecular weight excluding hydrogens is 1120 g/mol. The van der Waals surface area contributed by atoms with E-state index in [0.29, 0.717) is 18.5 Å². The highest BCUT2D eigenvalue weighted by molar-refractivity contribution is 5.99. The number of aliphatic imine (C=N–C) groups is 1. The number of nitrogens with one attached hydrogen (secondary N) is 10. The molecule has 10 amide bonds. The molecule has 0 saturated heterocycles. The first-order chi connectivity index (χ1) is 40.4. The molecule has 0 radical (unpaired) electrons. The summed E-state index contributed by atoms with van der Waals surface area (Å²) >= 11 is 0. The summed E-state index contributed by atoms with van der Waals surface area (Å²) in [6, 6.07) is -5.25. The van der Waals surface area contributed by atoms with Crippen molar-refractivity contribution >= 4 is 77.0 Å². The zero-order valence-electron chi connectivity index (χ0n) is 49.8. The Labute approximate surface area is 499 Å². The van der Waals surface area contributed by atoms with Gasteiger partial charge in [0.05, 0.1) is 18.8 Å². The molecule has 1 heterocycles. The van der Waals surface area contributed by atoms with Crippen molar-refractivity contribution in [2.24, 2.45) is 51.4 Å². The van der Waals surface area contributed by atoms with Crippen LogP contribution >= 0.6 is 0 Å². The summed E-state index contributed by atoms with van der Waals surface area (Å²) in [5, 5.41) is 41.9. The third kappa shape index (κ3) is 27.3. The van der Waals surface area contributed by atoms with Gasteiger partial charge >= 0.3 is 11.9 Å². The van der Waals surface area contributed by atoms with Crippen LogP contribution in [0, 0.1) is 17.8 Å². The van der Waals surface area contributed by atoms with Crippen LogP contribution in [0.2, 0.25) is 0 Å². The van der Waals surface area contributed by atoms with Gasteiger partial charge in [0.1, 0.15) is 54.4 Å². The lowest BCUT2D eigenvalue weighted by Crippen LogP contribution is -2.61. The number of nitrogens with zero attached hydrogens (tertiary/aromatic N) is 2. The van der Waals surface area contributed by atoms with Gasteiger partial charge in [-0.2, -0.15) is 0 Å². The average molecular weight is 1210 g/mol. The van der Waals surface area contributed by atoms with Crippen LogP contribution in [-0.2, 0) is 70.4 Å². The van der Waals surface area contributed by atoms with Crippen LogP contribution in [0.5, 0.6) is 0 Å². The van der Waals surface area contributed by atoms with E-state index in [0.717, 1.165) is 5.56 Å². The number of aromatic amines is 1. The van der Waals surface area contributed by atoms with Crippen LogP contribution in [0.3, 0.4) is 0 Å². The molecule has 0 aliphatic heterocycles. The highest BCUT2D eigenvalue weighted by Gasteiger charge is 2.37. The molecule has 0 unspecified atom stereocenters. The largest absolute Gasteiger partial charge is 0.481 e. The molecule has 2 rings (SSSR count). The second kappa shape index (κ2) is 37.5. The fourth-order valence-corrected chi connectivity index (χ4v) is 8.56. The van der Waals surface area contributed by atoms with Crippen LogP contribution in [0.1, 0.15) is 118 Å². The molecule has 0 aliphatic rings. The lowest BCUT2D eigenvalue weighted by molar-refractivity contribution is -0.143. The van der Waals surface area contributed by atoms with Crippen LogP contribution in [0.4, 0.5) is 0 Å². The number of carboxylic acid groups (broad SMARTS) is 2. The Morgan fingerprint density at radius 2 is 1.06 bits per heavy atom. The van der Waals surface area contributed by atoms with Crippen molar-refractivity contribution in [3.05, 3.63) is 54.1 Å². The number of carbonyl (C=O) groups is 12. The fourth-order valence-electron chi connectivity index (χ4n) is 8.56. The van der Waals surface area contributed by atoms with Gasteiger partial charge in [0.2, 0.25) is 59.1 Å². The molecule has 0 bridgehead atoms. The second-order valence-corrected chi connectivity index (χ2v) is 21.9. The smallest absolute Gasteiger partial charge is 0.326 e. The van der Waals surface area contributed by atoms with Gasteiger partial charge in [-0.15, -0.1) is 0 Å². The van der Waals surface area contributed by atoms with E-state index in [4.69, 9.17) is 28.7 Å². The van der Waals surface area contributed by atoms with E-state index in [9.17, 15) is 67.7 Å². The molecule has 31 nitrogen and oxygen atoms in total. The summed E-state index contributed by atoms with van der Waals surface area (Å²) in [6.07, 6.45) is 1.59. The van der Waals surface area contributed by atoms with Gasteiger partial charge in [0.25, 0.3) is 0 Å². The van der Waals surface area contributed by atoms with E-state index >= 15 is 0 Å². The Bertz CT molecular complexity index is 2620. The van der Waals surface area contributed by atoms with Crippen molar-refractivity contribution < 1.29 is 67.7 Å². The fraction of sp³-hybridized carbons (Fsp3) is 0.600. The minimum absolute atomic E-state index is 0.00304. The van der Waals surface area contributed by atoms with E-state index in [-0.39, 0.29) is 69.9 Å². The highest BCUT2D eigenvalue weighted by atomic mass is 16.4. The summed E-state index contributed by atoms with van der Waals surface area (Å²) in [4.78, 5) is 171. The Kier molecular flexibility index (Phi) is 32.0. The number of carboxylic acids is 2. The minimum Gasteiger partial charge on any atom is -0.481 e. The monoisotopic (exact) mass is 1210 g/mol. The number of guanidine groups is 1. The van der Waals surface area contributed by atoms with Crippen molar-refractivity contribution in [3.8, 4) is 0 Å². The molecule has 478 valence electrons. The van der Waals surface area contributed by atoms with Crippen molar-refractivity contribution in [1.82, 2.24) is 57.8 Å². The number of rotatable bonds is 40. The molecule has 31 heteroatoms. The molecule has 0 fully saturated rings. The normalized spacial score (nSPS) is 14.7. The summed E-state index contributed by atoms with van der Waals surface area (Å²) in [6.45, 7) is 11.3. The first-order valence-electron chi connectivity index (χ1n) is 28.4. The second-order valence-electron chi connectivity index (χ2n) is 21.9. The molecule has 10 atom stereocenters. The SMILES string of the molecule is CC(C)C[C@H](NC(=O)[C@H](CCCCN)NC(=O)[C@@H](NC(=O)[C@H](Cc1cnc[nH]1)NC(=O)[C@H](CCCN=C(N)N)NC(=O)[C@H](C)NC(=O)[C@H](CCC(=O)O)NC(=O)[C@@H](N)Cc1ccccc1)C(C)C)C(=O)N[C@@H](CC(N)=O)C(=O)N[C@H](C(=O)O)C(C)C.